The quantitative estimate of drug-likeness (QED) is 0.728. The van der Waals surface area contributed by atoms with Gasteiger partial charge in [-0.1, -0.05) is 0 Å². The Kier molecular flexibility index (Phi) is 6.09. The van der Waals surface area contributed by atoms with Crippen molar-refractivity contribution in [3.63, 3.8) is 0 Å². The molecule has 0 amide bonds. The largest absolute Gasteiger partial charge is 0.462 e. The van der Waals surface area contributed by atoms with Crippen LogP contribution in [0.5, 0.6) is 0 Å². The van der Waals surface area contributed by atoms with E-state index in [1.807, 2.05) is 0 Å². The van der Waals surface area contributed by atoms with E-state index in [1.165, 1.54) is 0 Å². The number of carbonyl (C=O) groups excluding carboxylic acids is 1. The molecule has 128 valence electrons. The molecule has 23 heavy (non-hydrogen) atoms. The van der Waals surface area contributed by atoms with Crippen LogP contribution in [0.15, 0.2) is 23.1 Å². The molecule has 2 rings (SSSR count). The van der Waals surface area contributed by atoms with E-state index in [4.69, 9.17) is 4.74 Å². The van der Waals surface area contributed by atoms with Gasteiger partial charge in [0.05, 0.1) is 17.1 Å². The van der Waals surface area contributed by atoms with Gasteiger partial charge < -0.3 is 10.1 Å². The normalized spacial score (nSPS) is 18.1. The summed E-state index contributed by atoms with van der Waals surface area (Å²) in [7, 11) is -3.86. The van der Waals surface area contributed by atoms with E-state index < -0.39 is 21.8 Å². The van der Waals surface area contributed by atoms with E-state index in [1.54, 1.807) is 6.92 Å². The summed E-state index contributed by atoms with van der Waals surface area (Å²) in [6.07, 6.45) is 1.74. The minimum absolute atomic E-state index is 0.118. The minimum Gasteiger partial charge on any atom is -0.462 e. The molecule has 1 aromatic rings. The monoisotopic (exact) mass is 344 g/mol. The third-order valence-corrected chi connectivity index (χ3v) is 5.14. The van der Waals surface area contributed by atoms with E-state index in [9.17, 15) is 17.6 Å². The predicted molar refractivity (Wildman–Crippen MR) is 83.1 cm³/mol. The average Bonchev–Trinajstić information content (AvgIpc) is 3.00. The van der Waals surface area contributed by atoms with Crippen LogP contribution < -0.4 is 10.0 Å². The number of hydrogen-bond donors (Lipinski definition) is 2. The van der Waals surface area contributed by atoms with Crippen LogP contribution >= 0.6 is 0 Å². The highest BCUT2D eigenvalue weighted by molar-refractivity contribution is 7.89. The van der Waals surface area contributed by atoms with Gasteiger partial charge in [0, 0.05) is 6.54 Å². The molecule has 1 heterocycles. The van der Waals surface area contributed by atoms with Gasteiger partial charge in [0.1, 0.15) is 5.82 Å². The summed E-state index contributed by atoms with van der Waals surface area (Å²) in [4.78, 5) is 11.4. The first-order valence-corrected chi connectivity index (χ1v) is 9.09. The second-order valence-corrected chi connectivity index (χ2v) is 7.21. The van der Waals surface area contributed by atoms with Crippen LogP contribution in [-0.2, 0) is 14.8 Å². The number of carbonyl (C=O) groups is 1. The van der Waals surface area contributed by atoms with Crippen LogP contribution in [0.4, 0.5) is 4.39 Å². The molecule has 0 bridgehead atoms. The maximum absolute atomic E-state index is 13.6. The Balaban J connectivity index is 2.07. The van der Waals surface area contributed by atoms with Gasteiger partial charge in [-0.05, 0) is 57.0 Å². The topological polar surface area (TPSA) is 84.5 Å². The molecule has 0 saturated carbocycles. The fraction of sp³-hybridized carbons (Fsp3) is 0.533. The van der Waals surface area contributed by atoms with Gasteiger partial charge in [-0.2, -0.15) is 0 Å². The molecule has 0 spiro atoms. The van der Waals surface area contributed by atoms with Crippen molar-refractivity contribution in [3.05, 3.63) is 29.6 Å². The zero-order chi connectivity index (χ0) is 16.9. The number of benzene rings is 1. The van der Waals surface area contributed by atoms with E-state index in [0.29, 0.717) is 12.3 Å². The summed E-state index contributed by atoms with van der Waals surface area (Å²) in [5, 5.41) is 3.21. The Labute approximate surface area is 135 Å². The summed E-state index contributed by atoms with van der Waals surface area (Å²) >= 11 is 0. The van der Waals surface area contributed by atoms with Crippen LogP contribution in [0.1, 0.15) is 30.1 Å². The molecule has 0 aliphatic carbocycles. The number of hydrogen-bond acceptors (Lipinski definition) is 5. The highest BCUT2D eigenvalue weighted by Crippen LogP contribution is 2.16. The smallest absolute Gasteiger partial charge is 0.338 e. The van der Waals surface area contributed by atoms with Crippen molar-refractivity contribution >= 4 is 16.0 Å². The lowest BCUT2D eigenvalue weighted by atomic mass is 10.1. The van der Waals surface area contributed by atoms with Crippen molar-refractivity contribution < 1.29 is 22.3 Å². The van der Waals surface area contributed by atoms with E-state index in [0.717, 1.165) is 37.7 Å². The summed E-state index contributed by atoms with van der Waals surface area (Å²) in [5.41, 5.74) is -0.118. The Morgan fingerprint density at radius 2 is 2.22 bits per heavy atom. The lowest BCUT2D eigenvalue weighted by Crippen LogP contribution is -2.27. The Bertz CT molecular complexity index is 657. The highest BCUT2D eigenvalue weighted by Gasteiger charge is 2.20. The number of nitrogens with one attached hydrogen (secondary N) is 2. The van der Waals surface area contributed by atoms with Crippen molar-refractivity contribution in [1.82, 2.24) is 10.0 Å². The first kappa shape index (κ1) is 17.8. The molecule has 2 N–H and O–H groups in total. The SMILES string of the molecule is CCOC(=O)c1cc(F)cc(S(=O)(=O)NCCC2CCNC2)c1. The molecular weight excluding hydrogens is 323 g/mol. The molecule has 1 saturated heterocycles. The Morgan fingerprint density at radius 3 is 2.87 bits per heavy atom. The lowest BCUT2D eigenvalue weighted by Gasteiger charge is -2.11. The van der Waals surface area contributed by atoms with E-state index >= 15 is 0 Å². The van der Waals surface area contributed by atoms with Crippen LogP contribution in [-0.4, -0.2) is 40.6 Å². The average molecular weight is 344 g/mol. The third kappa shape index (κ3) is 4.98. The van der Waals surface area contributed by atoms with Gasteiger partial charge >= 0.3 is 5.97 Å². The molecule has 0 radical (unpaired) electrons. The fourth-order valence-corrected chi connectivity index (χ4v) is 3.59. The number of ether oxygens (including phenoxy) is 1. The third-order valence-electron chi connectivity index (χ3n) is 3.70. The van der Waals surface area contributed by atoms with Gasteiger partial charge in [0.15, 0.2) is 0 Å². The van der Waals surface area contributed by atoms with Crippen molar-refractivity contribution in [2.45, 2.75) is 24.7 Å². The predicted octanol–water partition coefficient (Wildman–Crippen LogP) is 1.28. The molecule has 1 aromatic carbocycles. The zero-order valence-corrected chi connectivity index (χ0v) is 13.8. The summed E-state index contributed by atoms with van der Waals surface area (Å²) < 4.78 is 45.3. The summed E-state index contributed by atoms with van der Waals surface area (Å²) in [5.74, 6) is -1.10. The number of halogens is 1. The molecule has 0 aromatic heterocycles. The van der Waals surface area contributed by atoms with Gasteiger partial charge in [0.25, 0.3) is 0 Å². The first-order valence-electron chi connectivity index (χ1n) is 7.60. The highest BCUT2D eigenvalue weighted by atomic mass is 32.2. The van der Waals surface area contributed by atoms with E-state index in [2.05, 4.69) is 10.0 Å². The molecule has 1 fully saturated rings. The number of esters is 1. The van der Waals surface area contributed by atoms with Crippen LogP contribution in [0, 0.1) is 11.7 Å². The fourth-order valence-electron chi connectivity index (χ4n) is 2.49. The lowest BCUT2D eigenvalue weighted by molar-refractivity contribution is 0.0525. The molecule has 1 unspecified atom stereocenters. The Hall–Kier alpha value is -1.51. The maximum Gasteiger partial charge on any atom is 0.338 e. The standard InChI is InChI=1S/C15H21FN2O4S/c1-2-22-15(19)12-7-13(16)9-14(8-12)23(20,21)18-6-4-11-3-5-17-10-11/h7-9,11,17-18H,2-6,10H2,1H3. The van der Waals surface area contributed by atoms with Gasteiger partial charge in [-0.25, -0.2) is 22.3 Å². The zero-order valence-electron chi connectivity index (χ0n) is 13.0. The van der Waals surface area contributed by atoms with Crippen LogP contribution in [0.3, 0.4) is 0 Å². The molecule has 6 nitrogen and oxygen atoms in total. The summed E-state index contributed by atoms with van der Waals surface area (Å²) in [6, 6.07) is 2.98. The molecular formula is C15H21FN2O4S. The number of sulfonamides is 1. The second kappa shape index (κ2) is 7.85. The van der Waals surface area contributed by atoms with Crippen molar-refractivity contribution in [3.8, 4) is 0 Å². The Morgan fingerprint density at radius 1 is 1.43 bits per heavy atom. The minimum atomic E-state index is -3.86. The maximum atomic E-state index is 13.6. The van der Waals surface area contributed by atoms with Crippen molar-refractivity contribution in [2.75, 3.05) is 26.2 Å². The van der Waals surface area contributed by atoms with E-state index in [-0.39, 0.29) is 23.6 Å². The van der Waals surface area contributed by atoms with Crippen molar-refractivity contribution in [1.29, 1.82) is 0 Å². The number of rotatable bonds is 7. The van der Waals surface area contributed by atoms with Crippen molar-refractivity contribution in [2.24, 2.45) is 5.92 Å². The van der Waals surface area contributed by atoms with Gasteiger partial charge in [-0.15, -0.1) is 0 Å². The second-order valence-electron chi connectivity index (χ2n) is 5.44. The van der Waals surface area contributed by atoms with Crippen LogP contribution in [0.25, 0.3) is 0 Å². The summed E-state index contributed by atoms with van der Waals surface area (Å²) in [6.45, 7) is 3.86. The van der Waals surface area contributed by atoms with Gasteiger partial charge in [-0.3, -0.25) is 0 Å². The van der Waals surface area contributed by atoms with Gasteiger partial charge in [0.2, 0.25) is 10.0 Å². The first-order chi connectivity index (χ1) is 10.9. The molecule has 8 heteroatoms. The molecule has 1 atom stereocenters. The molecule has 1 aliphatic heterocycles. The van der Waals surface area contributed by atoms with Crippen LogP contribution in [0.2, 0.25) is 0 Å². The molecule has 1 aliphatic rings.